The van der Waals surface area contributed by atoms with E-state index in [0.717, 1.165) is 24.2 Å². The Bertz CT molecular complexity index is 735. The number of hydrogen-bond donors (Lipinski definition) is 1. The van der Waals surface area contributed by atoms with Crippen LogP contribution >= 0.6 is 0 Å². The Labute approximate surface area is 155 Å². The van der Waals surface area contributed by atoms with E-state index in [-0.39, 0.29) is 18.2 Å². The summed E-state index contributed by atoms with van der Waals surface area (Å²) in [6.07, 6.45) is 2.89. The topological polar surface area (TPSA) is 79.0 Å². The second-order valence-corrected chi connectivity index (χ2v) is 6.79. The third kappa shape index (κ3) is 3.86. The van der Waals surface area contributed by atoms with Gasteiger partial charge < -0.3 is 15.0 Å². The van der Waals surface area contributed by atoms with Crippen molar-refractivity contribution >= 4 is 17.8 Å². The first-order valence-electron chi connectivity index (χ1n) is 8.78. The highest BCUT2D eigenvalue weighted by atomic mass is 19.3. The van der Waals surface area contributed by atoms with E-state index in [9.17, 15) is 23.2 Å². The third-order valence-electron chi connectivity index (χ3n) is 4.93. The number of likely N-dealkylation sites (tertiary alicyclic amines) is 1. The first-order valence-corrected chi connectivity index (χ1v) is 8.78. The molecular formula is C18H21F2N3O4. The molecule has 2 saturated heterocycles. The van der Waals surface area contributed by atoms with Crippen molar-refractivity contribution in [1.82, 2.24) is 15.1 Å². The van der Waals surface area contributed by atoms with E-state index in [2.05, 4.69) is 10.1 Å². The number of amides is 4. The lowest BCUT2D eigenvalue weighted by Gasteiger charge is -2.28. The molecule has 7 nitrogen and oxygen atoms in total. The number of carbonyl (C=O) groups excluding carboxylic acids is 3. The molecule has 0 saturated carbocycles. The van der Waals surface area contributed by atoms with E-state index >= 15 is 0 Å². The number of benzene rings is 1. The lowest BCUT2D eigenvalue weighted by molar-refractivity contribution is -0.139. The van der Waals surface area contributed by atoms with Crippen LogP contribution in [0.4, 0.5) is 13.6 Å². The smallest absolute Gasteiger partial charge is 0.387 e. The third-order valence-corrected chi connectivity index (χ3v) is 4.93. The molecule has 0 aromatic heterocycles. The summed E-state index contributed by atoms with van der Waals surface area (Å²) in [7, 11) is 0. The highest BCUT2D eigenvalue weighted by Gasteiger charge is 2.49. The zero-order chi connectivity index (χ0) is 19.6. The fourth-order valence-electron chi connectivity index (χ4n) is 3.38. The second-order valence-electron chi connectivity index (χ2n) is 6.79. The van der Waals surface area contributed by atoms with Crippen molar-refractivity contribution in [2.45, 2.75) is 38.3 Å². The molecule has 1 N–H and O–H groups in total. The fraction of sp³-hybridized carbons (Fsp3) is 0.500. The Morgan fingerprint density at radius 1 is 1.19 bits per heavy atom. The van der Waals surface area contributed by atoms with Crippen LogP contribution in [0.2, 0.25) is 0 Å². The highest BCUT2D eigenvalue weighted by Crippen LogP contribution is 2.30. The monoisotopic (exact) mass is 381 g/mol. The summed E-state index contributed by atoms with van der Waals surface area (Å²) < 4.78 is 28.8. The molecule has 0 radical (unpaired) electrons. The van der Waals surface area contributed by atoms with Gasteiger partial charge in [0.1, 0.15) is 17.8 Å². The van der Waals surface area contributed by atoms with Crippen molar-refractivity contribution in [2.75, 3.05) is 19.6 Å². The molecule has 0 aliphatic carbocycles. The molecule has 2 aliphatic rings. The van der Waals surface area contributed by atoms with Gasteiger partial charge in [-0.25, -0.2) is 4.79 Å². The van der Waals surface area contributed by atoms with E-state index in [4.69, 9.17) is 0 Å². The molecule has 4 amide bonds. The molecule has 27 heavy (non-hydrogen) atoms. The Morgan fingerprint density at radius 3 is 2.41 bits per heavy atom. The van der Waals surface area contributed by atoms with Crippen LogP contribution in [-0.4, -0.2) is 53.9 Å². The number of carbonyl (C=O) groups is 3. The molecule has 2 heterocycles. The molecule has 146 valence electrons. The molecule has 1 aromatic rings. The SMILES string of the molecule is C[C@]1(c2ccc(OC(F)F)cc2)NC(=O)N(CC(=O)N2CCCCC2)C1=O. The standard InChI is InChI=1S/C18H21F2N3O4/c1-18(12-5-7-13(8-6-12)27-16(19)20)15(25)23(17(26)21-18)11-14(24)22-9-3-2-4-10-22/h5-8,16H,2-4,9-11H2,1H3,(H,21,26)/t18-/m1/s1. The number of urea groups is 1. The van der Waals surface area contributed by atoms with Crippen LogP contribution in [0.5, 0.6) is 5.75 Å². The maximum Gasteiger partial charge on any atom is 0.387 e. The van der Waals surface area contributed by atoms with Gasteiger partial charge in [-0.1, -0.05) is 12.1 Å². The van der Waals surface area contributed by atoms with Crippen molar-refractivity contribution in [3.63, 3.8) is 0 Å². The van der Waals surface area contributed by atoms with Crippen LogP contribution in [0.3, 0.4) is 0 Å². The lowest BCUT2D eigenvalue weighted by Crippen LogP contribution is -2.45. The summed E-state index contributed by atoms with van der Waals surface area (Å²) in [6.45, 7) is -0.485. The predicted molar refractivity (Wildman–Crippen MR) is 91.1 cm³/mol. The van der Waals surface area contributed by atoms with Crippen LogP contribution in [0.15, 0.2) is 24.3 Å². The van der Waals surface area contributed by atoms with Crippen LogP contribution < -0.4 is 10.1 Å². The molecule has 0 bridgehead atoms. The van der Waals surface area contributed by atoms with Gasteiger partial charge >= 0.3 is 12.6 Å². The average Bonchev–Trinajstić information content (AvgIpc) is 2.86. The van der Waals surface area contributed by atoms with Gasteiger partial charge in [-0.05, 0) is 43.9 Å². The number of hydrogen-bond acceptors (Lipinski definition) is 4. The molecular weight excluding hydrogens is 360 g/mol. The first-order chi connectivity index (χ1) is 12.8. The summed E-state index contributed by atoms with van der Waals surface area (Å²) in [4.78, 5) is 40.1. The summed E-state index contributed by atoms with van der Waals surface area (Å²) >= 11 is 0. The van der Waals surface area contributed by atoms with Gasteiger partial charge in [0.05, 0.1) is 0 Å². The Morgan fingerprint density at radius 2 is 1.81 bits per heavy atom. The van der Waals surface area contributed by atoms with Crippen LogP contribution in [0, 0.1) is 0 Å². The summed E-state index contributed by atoms with van der Waals surface area (Å²) in [5, 5.41) is 2.59. The molecule has 2 aliphatic heterocycles. The number of rotatable bonds is 5. The second kappa shape index (κ2) is 7.50. The minimum atomic E-state index is -2.95. The number of nitrogens with zero attached hydrogens (tertiary/aromatic N) is 2. The van der Waals surface area contributed by atoms with Gasteiger partial charge in [-0.15, -0.1) is 0 Å². The minimum absolute atomic E-state index is 0.0498. The summed E-state index contributed by atoms with van der Waals surface area (Å²) in [5.74, 6) is -0.866. The van der Waals surface area contributed by atoms with Crippen LogP contribution in [0.1, 0.15) is 31.7 Å². The Hall–Kier alpha value is -2.71. The maximum atomic E-state index is 12.8. The number of halogens is 2. The molecule has 9 heteroatoms. The molecule has 0 unspecified atom stereocenters. The fourth-order valence-corrected chi connectivity index (χ4v) is 3.38. The van der Waals surface area contributed by atoms with Crippen molar-refractivity contribution in [3.8, 4) is 5.75 Å². The zero-order valence-electron chi connectivity index (χ0n) is 14.9. The molecule has 1 atom stereocenters. The van der Waals surface area contributed by atoms with Gasteiger partial charge in [0.15, 0.2) is 0 Å². The number of ether oxygens (including phenoxy) is 1. The van der Waals surface area contributed by atoms with Gasteiger partial charge in [-0.3, -0.25) is 14.5 Å². The van der Waals surface area contributed by atoms with E-state index in [1.54, 1.807) is 4.90 Å². The average molecular weight is 381 g/mol. The number of nitrogens with one attached hydrogen (secondary N) is 1. The van der Waals surface area contributed by atoms with E-state index in [0.29, 0.717) is 18.7 Å². The lowest BCUT2D eigenvalue weighted by atomic mass is 9.92. The van der Waals surface area contributed by atoms with E-state index in [1.165, 1.54) is 31.2 Å². The van der Waals surface area contributed by atoms with Crippen molar-refractivity contribution < 1.29 is 27.9 Å². The number of alkyl halides is 2. The van der Waals surface area contributed by atoms with Crippen molar-refractivity contribution in [1.29, 1.82) is 0 Å². The number of piperidine rings is 1. The quantitative estimate of drug-likeness (QED) is 0.792. The highest BCUT2D eigenvalue weighted by molar-refractivity contribution is 6.09. The molecule has 3 rings (SSSR count). The van der Waals surface area contributed by atoms with Crippen molar-refractivity contribution in [3.05, 3.63) is 29.8 Å². The first kappa shape index (κ1) is 19.1. The van der Waals surface area contributed by atoms with Crippen molar-refractivity contribution in [2.24, 2.45) is 0 Å². The normalized spacial score (nSPS) is 23.0. The Kier molecular flexibility index (Phi) is 5.29. The van der Waals surface area contributed by atoms with Crippen LogP contribution in [0.25, 0.3) is 0 Å². The number of imide groups is 1. The van der Waals surface area contributed by atoms with Gasteiger partial charge in [0.2, 0.25) is 5.91 Å². The molecule has 0 spiro atoms. The van der Waals surface area contributed by atoms with Gasteiger partial charge in [-0.2, -0.15) is 8.78 Å². The van der Waals surface area contributed by atoms with E-state index < -0.39 is 24.1 Å². The Balaban J connectivity index is 1.72. The summed E-state index contributed by atoms with van der Waals surface area (Å²) in [5.41, 5.74) is -0.960. The van der Waals surface area contributed by atoms with Gasteiger partial charge in [0.25, 0.3) is 5.91 Å². The summed E-state index contributed by atoms with van der Waals surface area (Å²) in [6, 6.07) is 4.82. The molecule has 1 aromatic carbocycles. The van der Waals surface area contributed by atoms with Gasteiger partial charge in [0, 0.05) is 13.1 Å². The largest absolute Gasteiger partial charge is 0.435 e. The molecule has 2 fully saturated rings. The predicted octanol–water partition coefficient (Wildman–Crippen LogP) is 2.07. The minimum Gasteiger partial charge on any atom is -0.435 e. The van der Waals surface area contributed by atoms with E-state index in [1.807, 2.05) is 0 Å². The maximum absolute atomic E-state index is 12.8. The zero-order valence-corrected chi connectivity index (χ0v) is 14.9. The van der Waals surface area contributed by atoms with Crippen LogP contribution in [-0.2, 0) is 15.1 Å².